The van der Waals surface area contributed by atoms with E-state index in [1.54, 1.807) is 0 Å². The van der Waals surface area contributed by atoms with Gasteiger partial charge < -0.3 is 9.80 Å². The topological polar surface area (TPSA) is 6.48 Å². The Morgan fingerprint density at radius 1 is 0.423 bits per heavy atom. The van der Waals surface area contributed by atoms with Crippen LogP contribution < -0.4 is 9.80 Å². The number of anilines is 5. The molecule has 0 fully saturated rings. The Morgan fingerprint density at radius 2 is 0.915 bits per heavy atom. The molecule has 346 valence electrons. The zero-order chi connectivity index (χ0) is 48.8. The number of aryl methyl sites for hydroxylation is 6. The molecule has 0 N–H and O–H groups in total. The SMILES string of the molecule is C=C1/C=C(N(c2cc(C)c(-c3c(C)cc(N(c4ccc5sc6ccc(-c7ccccc7)cc6c5c4)c4ccccc4C)cc3C)c(C)c2)c2ccccc2C)\C=C/CSc2ccc(-c3ccccc3)cc21. The van der Waals surface area contributed by atoms with Crippen LogP contribution >= 0.6 is 23.1 Å². The summed E-state index contributed by atoms with van der Waals surface area (Å²) >= 11 is 3.72. The Kier molecular flexibility index (Phi) is 12.4. The molecule has 0 atom stereocenters. The highest BCUT2D eigenvalue weighted by Gasteiger charge is 2.23. The highest BCUT2D eigenvalue weighted by molar-refractivity contribution is 7.99. The van der Waals surface area contributed by atoms with Crippen LogP contribution in [0.4, 0.5) is 28.4 Å². The summed E-state index contributed by atoms with van der Waals surface area (Å²) in [6, 6.07) is 69.1. The molecule has 71 heavy (non-hydrogen) atoms. The van der Waals surface area contributed by atoms with Gasteiger partial charge in [0.15, 0.2) is 0 Å². The molecule has 1 aliphatic rings. The number of allylic oxidation sites excluding steroid dienone is 3. The lowest BCUT2D eigenvalue weighted by molar-refractivity contribution is 1.17. The first-order valence-corrected chi connectivity index (χ1v) is 26.3. The molecule has 10 aromatic rings. The molecule has 1 aromatic heterocycles. The van der Waals surface area contributed by atoms with Crippen LogP contribution in [0.5, 0.6) is 0 Å². The van der Waals surface area contributed by atoms with Crippen molar-refractivity contribution in [1.29, 1.82) is 0 Å². The predicted molar refractivity (Wildman–Crippen MR) is 311 cm³/mol. The average Bonchev–Trinajstić information content (AvgIpc) is 3.77. The van der Waals surface area contributed by atoms with Crippen LogP contribution in [0.1, 0.15) is 38.9 Å². The zero-order valence-electron chi connectivity index (χ0n) is 41.3. The van der Waals surface area contributed by atoms with E-state index in [0.717, 1.165) is 39.8 Å². The summed E-state index contributed by atoms with van der Waals surface area (Å²) in [5.41, 5.74) is 23.8. The third-order valence-corrected chi connectivity index (χ3v) is 16.1. The molecular formula is C67H56N2S2. The first kappa shape index (κ1) is 45.8. The van der Waals surface area contributed by atoms with Crippen LogP contribution in [0.15, 0.2) is 223 Å². The molecule has 0 amide bonds. The normalized spacial score (nSPS) is 13.8. The monoisotopic (exact) mass is 952 g/mol. The van der Waals surface area contributed by atoms with E-state index in [1.807, 2.05) is 23.1 Å². The fraction of sp³-hybridized carbons (Fsp3) is 0.104. The molecule has 11 rings (SSSR count). The fourth-order valence-electron chi connectivity index (χ4n) is 10.6. The number of para-hydroxylation sites is 2. The van der Waals surface area contributed by atoms with E-state index in [9.17, 15) is 0 Å². The largest absolute Gasteiger partial charge is 0.310 e. The highest BCUT2D eigenvalue weighted by Crippen LogP contribution is 2.46. The van der Waals surface area contributed by atoms with E-state index in [2.05, 4.69) is 258 Å². The van der Waals surface area contributed by atoms with Crippen molar-refractivity contribution < 1.29 is 0 Å². The van der Waals surface area contributed by atoms with Gasteiger partial charge in [0.05, 0.1) is 0 Å². The van der Waals surface area contributed by atoms with Crippen molar-refractivity contribution in [3.8, 4) is 33.4 Å². The quantitative estimate of drug-likeness (QED) is 0.142. The van der Waals surface area contributed by atoms with Gasteiger partial charge in [-0.1, -0.05) is 122 Å². The van der Waals surface area contributed by atoms with Crippen LogP contribution in [-0.2, 0) is 0 Å². The molecule has 0 bridgehead atoms. The number of fused-ring (bicyclic) bond motifs is 4. The standard InChI is InChI=1S/C67H56N2S2/c1-43-19-14-16-26-61(43)68(54-25-18-34-70-63-31-28-52(40-58(63)45(3)35-54)50-21-10-8-11-22-50)56-36-46(4)66(47(5)37-56)67-48(6)38-57(39-49(67)7)69(62-27-17-15-20-44(62)2)55-30-33-65-60(42-55)59-41-53(29-32-64(59)71-65)51-23-12-9-13-24-51/h8-33,35-42H,3,34H2,1-2,4-7H3/b25-18-,54-35+. The molecule has 0 radical (unpaired) electrons. The Labute approximate surface area is 427 Å². The number of hydrogen-bond donors (Lipinski definition) is 0. The van der Waals surface area contributed by atoms with E-state index >= 15 is 0 Å². The summed E-state index contributed by atoms with van der Waals surface area (Å²) in [5.74, 6) is 0.853. The Hall–Kier alpha value is -7.63. The summed E-state index contributed by atoms with van der Waals surface area (Å²) in [5, 5.41) is 2.57. The van der Waals surface area contributed by atoms with Gasteiger partial charge in [-0.05, 0) is 210 Å². The molecule has 1 aliphatic heterocycles. The maximum absolute atomic E-state index is 4.73. The molecule has 9 aromatic carbocycles. The lowest BCUT2D eigenvalue weighted by Gasteiger charge is -2.30. The number of hydrogen-bond acceptors (Lipinski definition) is 4. The summed E-state index contributed by atoms with van der Waals surface area (Å²) in [4.78, 5) is 6.12. The number of rotatable bonds is 9. The van der Waals surface area contributed by atoms with Crippen LogP contribution in [0, 0.1) is 41.5 Å². The third-order valence-electron chi connectivity index (χ3n) is 14.0. The minimum absolute atomic E-state index is 0.853. The van der Waals surface area contributed by atoms with Gasteiger partial charge >= 0.3 is 0 Å². The van der Waals surface area contributed by atoms with Gasteiger partial charge in [0, 0.05) is 65.0 Å². The van der Waals surface area contributed by atoms with E-state index < -0.39 is 0 Å². The van der Waals surface area contributed by atoms with Gasteiger partial charge in [-0.3, -0.25) is 0 Å². The van der Waals surface area contributed by atoms with E-state index in [-0.39, 0.29) is 0 Å². The summed E-state index contributed by atoms with van der Waals surface area (Å²) < 4.78 is 2.59. The lowest BCUT2D eigenvalue weighted by Crippen LogP contribution is -2.17. The van der Waals surface area contributed by atoms with Gasteiger partial charge in [0.25, 0.3) is 0 Å². The second-order valence-electron chi connectivity index (χ2n) is 18.9. The molecule has 0 spiro atoms. The van der Waals surface area contributed by atoms with Gasteiger partial charge in [0.1, 0.15) is 0 Å². The van der Waals surface area contributed by atoms with Crippen molar-refractivity contribution in [2.75, 3.05) is 15.6 Å². The number of thioether (sulfide) groups is 1. The maximum atomic E-state index is 4.73. The van der Waals surface area contributed by atoms with Gasteiger partial charge in [0.2, 0.25) is 0 Å². The number of nitrogens with zero attached hydrogens (tertiary/aromatic N) is 2. The van der Waals surface area contributed by atoms with Crippen LogP contribution in [0.25, 0.3) is 59.1 Å². The van der Waals surface area contributed by atoms with E-state index in [1.165, 1.54) is 103 Å². The van der Waals surface area contributed by atoms with Crippen molar-refractivity contribution in [2.24, 2.45) is 0 Å². The van der Waals surface area contributed by atoms with Crippen molar-refractivity contribution in [3.05, 3.63) is 258 Å². The van der Waals surface area contributed by atoms with E-state index in [0.29, 0.717) is 0 Å². The fourth-order valence-corrected chi connectivity index (χ4v) is 12.5. The first-order chi connectivity index (χ1) is 34.6. The second-order valence-corrected chi connectivity index (χ2v) is 21.0. The molecule has 0 saturated carbocycles. The molecule has 0 unspecified atom stereocenters. The van der Waals surface area contributed by atoms with Gasteiger partial charge in [-0.25, -0.2) is 0 Å². The lowest BCUT2D eigenvalue weighted by atomic mass is 9.88. The molecule has 4 heteroatoms. The molecule has 2 nitrogen and oxygen atoms in total. The van der Waals surface area contributed by atoms with Crippen molar-refractivity contribution in [2.45, 2.75) is 46.4 Å². The van der Waals surface area contributed by atoms with Crippen molar-refractivity contribution in [3.63, 3.8) is 0 Å². The zero-order valence-corrected chi connectivity index (χ0v) is 42.9. The maximum Gasteiger partial charge on any atom is 0.0490 e. The summed E-state index contributed by atoms with van der Waals surface area (Å²) in [6.07, 6.45) is 6.84. The minimum Gasteiger partial charge on any atom is -0.310 e. The van der Waals surface area contributed by atoms with Crippen LogP contribution in [-0.4, -0.2) is 5.75 Å². The van der Waals surface area contributed by atoms with Crippen molar-refractivity contribution >= 4 is 77.3 Å². The average molecular weight is 953 g/mol. The molecule has 0 saturated heterocycles. The Bertz CT molecular complexity index is 3700. The smallest absolute Gasteiger partial charge is 0.0490 e. The highest BCUT2D eigenvalue weighted by atomic mass is 32.2. The van der Waals surface area contributed by atoms with Gasteiger partial charge in [-0.2, -0.15) is 0 Å². The molecule has 0 aliphatic carbocycles. The summed E-state index contributed by atoms with van der Waals surface area (Å²) in [7, 11) is 0. The van der Waals surface area contributed by atoms with Gasteiger partial charge in [-0.15, -0.1) is 23.1 Å². The van der Waals surface area contributed by atoms with Crippen LogP contribution in [0.2, 0.25) is 0 Å². The first-order valence-electron chi connectivity index (χ1n) is 24.5. The predicted octanol–water partition coefficient (Wildman–Crippen LogP) is 19.8. The number of thiophene rings is 1. The van der Waals surface area contributed by atoms with Crippen molar-refractivity contribution in [1.82, 2.24) is 0 Å². The Morgan fingerprint density at radius 3 is 1.51 bits per heavy atom. The molecule has 2 heterocycles. The third kappa shape index (κ3) is 8.84. The molecular weight excluding hydrogens is 897 g/mol. The summed E-state index contributed by atoms with van der Waals surface area (Å²) in [6.45, 7) is 18.3. The second kappa shape index (κ2) is 19.3. The minimum atomic E-state index is 0.853. The van der Waals surface area contributed by atoms with E-state index in [4.69, 9.17) is 6.58 Å². The number of benzene rings is 9. The van der Waals surface area contributed by atoms with Crippen LogP contribution in [0.3, 0.4) is 0 Å². The Balaban J connectivity index is 0.998.